The summed E-state index contributed by atoms with van der Waals surface area (Å²) < 4.78 is 39.7. The number of aromatic hydroxyl groups is 1. The topological polar surface area (TPSA) is 136 Å². The summed E-state index contributed by atoms with van der Waals surface area (Å²) in [5, 5.41) is 21.9. The summed E-state index contributed by atoms with van der Waals surface area (Å²) in [6, 6.07) is 9.42. The number of ether oxygens (including phenoxy) is 2. The Bertz CT molecular complexity index is 1380. The molecule has 0 aliphatic carbocycles. The first-order valence-electron chi connectivity index (χ1n) is 12.0. The summed E-state index contributed by atoms with van der Waals surface area (Å²) in [6.07, 6.45) is 0. The molecule has 0 bridgehead atoms. The molecule has 0 radical (unpaired) electrons. The molecule has 1 aliphatic heterocycles. The summed E-state index contributed by atoms with van der Waals surface area (Å²) in [5.41, 5.74) is 1.66. The van der Waals surface area contributed by atoms with Gasteiger partial charge in [-0.15, -0.1) is 10.2 Å². The highest BCUT2D eigenvalue weighted by Crippen LogP contribution is 2.38. The number of morpholine rings is 1. The van der Waals surface area contributed by atoms with E-state index in [2.05, 4.69) is 15.5 Å². The largest absolute Gasteiger partial charge is 0.507 e. The van der Waals surface area contributed by atoms with Crippen molar-refractivity contribution in [1.82, 2.24) is 24.4 Å². The van der Waals surface area contributed by atoms with E-state index in [-0.39, 0.29) is 41.3 Å². The van der Waals surface area contributed by atoms with Crippen LogP contribution < -0.4 is 10.1 Å². The minimum Gasteiger partial charge on any atom is -0.507 e. The Morgan fingerprint density at radius 2 is 1.84 bits per heavy atom. The molecule has 2 aromatic carbocycles. The van der Waals surface area contributed by atoms with Gasteiger partial charge in [0.05, 0.1) is 30.8 Å². The second kappa shape index (κ2) is 10.9. The van der Waals surface area contributed by atoms with Crippen LogP contribution in [0.2, 0.25) is 0 Å². The molecule has 1 amide bonds. The van der Waals surface area contributed by atoms with Crippen LogP contribution in [0.4, 0.5) is 0 Å². The molecule has 12 heteroatoms. The maximum Gasteiger partial charge on any atom is 0.289 e. The Kier molecular flexibility index (Phi) is 7.81. The molecule has 198 valence electrons. The monoisotopic (exact) mass is 529 g/mol. The van der Waals surface area contributed by atoms with Crippen LogP contribution >= 0.6 is 0 Å². The first-order valence-corrected chi connectivity index (χ1v) is 13.5. The molecule has 1 saturated heterocycles. The molecular weight excluding hydrogens is 498 g/mol. The maximum absolute atomic E-state index is 13.1. The molecule has 1 aliphatic rings. The van der Waals surface area contributed by atoms with E-state index in [4.69, 9.17) is 9.47 Å². The molecule has 4 rings (SSSR count). The summed E-state index contributed by atoms with van der Waals surface area (Å²) in [5.74, 6) is 0.295. The van der Waals surface area contributed by atoms with E-state index >= 15 is 0 Å². The van der Waals surface area contributed by atoms with Crippen LogP contribution in [0.1, 0.15) is 42.9 Å². The van der Waals surface area contributed by atoms with Crippen LogP contribution in [0.25, 0.3) is 17.1 Å². The number of carbonyl (C=O) groups excluding carboxylic acids is 1. The van der Waals surface area contributed by atoms with E-state index in [0.717, 1.165) is 5.56 Å². The van der Waals surface area contributed by atoms with Crippen molar-refractivity contribution in [2.45, 2.75) is 31.6 Å². The van der Waals surface area contributed by atoms with Crippen molar-refractivity contribution >= 4 is 15.9 Å². The first kappa shape index (κ1) is 26.6. The van der Waals surface area contributed by atoms with Gasteiger partial charge in [0.25, 0.3) is 5.91 Å². The van der Waals surface area contributed by atoms with Gasteiger partial charge in [-0.2, -0.15) is 4.31 Å². The van der Waals surface area contributed by atoms with E-state index in [9.17, 15) is 18.3 Å². The zero-order valence-electron chi connectivity index (χ0n) is 21.3. The summed E-state index contributed by atoms with van der Waals surface area (Å²) in [4.78, 5) is 13.0. The van der Waals surface area contributed by atoms with Gasteiger partial charge in [0.1, 0.15) is 11.5 Å². The van der Waals surface area contributed by atoms with Gasteiger partial charge in [-0.25, -0.2) is 8.42 Å². The second-order valence-electron chi connectivity index (χ2n) is 8.82. The van der Waals surface area contributed by atoms with Gasteiger partial charge < -0.3 is 19.9 Å². The number of methoxy groups -OCH3 is 1. The highest BCUT2D eigenvalue weighted by Gasteiger charge is 2.28. The fourth-order valence-electron chi connectivity index (χ4n) is 4.19. The minimum atomic E-state index is -3.69. The van der Waals surface area contributed by atoms with Crippen LogP contribution in [0.3, 0.4) is 0 Å². The fraction of sp³-hybridized carbons (Fsp3) is 0.400. The highest BCUT2D eigenvalue weighted by molar-refractivity contribution is 7.89. The first-order chi connectivity index (χ1) is 17.7. The molecule has 0 saturated carbocycles. The number of amides is 1. The van der Waals surface area contributed by atoms with Gasteiger partial charge in [-0.3, -0.25) is 9.36 Å². The number of nitrogens with one attached hydrogen (secondary N) is 1. The Morgan fingerprint density at radius 1 is 1.16 bits per heavy atom. The number of carbonyl (C=O) groups is 1. The van der Waals surface area contributed by atoms with Crippen LogP contribution in [-0.4, -0.2) is 78.5 Å². The number of hydrogen-bond donors (Lipinski definition) is 2. The van der Waals surface area contributed by atoms with Crippen molar-refractivity contribution < 1.29 is 27.8 Å². The van der Waals surface area contributed by atoms with Crippen LogP contribution in [0.15, 0.2) is 41.3 Å². The molecular formula is C25H31N5O6S. The number of phenolic OH excluding ortho intramolecular Hbond substituents is 1. The van der Waals surface area contributed by atoms with Gasteiger partial charge in [0.15, 0.2) is 5.82 Å². The van der Waals surface area contributed by atoms with Crippen molar-refractivity contribution in [3.8, 4) is 28.6 Å². The molecule has 2 N–H and O–H groups in total. The van der Waals surface area contributed by atoms with Gasteiger partial charge in [-0.05, 0) is 48.7 Å². The fourth-order valence-corrected chi connectivity index (χ4v) is 5.59. The SMILES string of the molecule is CCNC(=O)c1nnc(-c2cc(C(C)C)c(OC)cc2O)n1-c1ccc(S(=O)(=O)N2CCOCC2)cc1. The zero-order valence-corrected chi connectivity index (χ0v) is 22.1. The lowest BCUT2D eigenvalue weighted by Gasteiger charge is -2.26. The van der Waals surface area contributed by atoms with Crippen LogP contribution in [0.5, 0.6) is 11.5 Å². The molecule has 1 aromatic heterocycles. The second-order valence-corrected chi connectivity index (χ2v) is 10.8. The molecule has 0 atom stereocenters. The molecule has 0 unspecified atom stereocenters. The number of benzene rings is 2. The third-order valence-electron chi connectivity index (χ3n) is 6.12. The van der Waals surface area contributed by atoms with E-state index < -0.39 is 15.9 Å². The molecule has 2 heterocycles. The van der Waals surface area contributed by atoms with Crippen molar-refractivity contribution in [2.75, 3.05) is 40.0 Å². The standard InChI is InChI=1S/C25H31N5O6S/c1-5-26-25(32)24-28-27-23(20-14-19(16(2)3)22(35-4)15-21(20)31)30(24)17-6-8-18(9-7-17)37(33,34)29-10-12-36-13-11-29/h6-9,14-16,31H,5,10-13H2,1-4H3,(H,26,32). The van der Waals surface area contributed by atoms with E-state index in [1.54, 1.807) is 25.1 Å². The van der Waals surface area contributed by atoms with Crippen molar-refractivity contribution in [3.05, 3.63) is 47.8 Å². The van der Waals surface area contributed by atoms with Gasteiger partial charge in [0, 0.05) is 31.4 Å². The number of nitrogens with zero attached hydrogens (tertiary/aromatic N) is 4. The Morgan fingerprint density at radius 3 is 2.43 bits per heavy atom. The number of rotatable bonds is 8. The molecule has 3 aromatic rings. The summed E-state index contributed by atoms with van der Waals surface area (Å²) in [7, 11) is -2.16. The predicted octanol–water partition coefficient (Wildman–Crippen LogP) is 2.54. The Labute approximate surface area is 216 Å². The van der Waals surface area contributed by atoms with Gasteiger partial charge >= 0.3 is 0 Å². The Hall–Kier alpha value is -3.48. The van der Waals surface area contributed by atoms with Crippen molar-refractivity contribution in [1.29, 1.82) is 0 Å². The van der Waals surface area contributed by atoms with Crippen molar-refractivity contribution in [3.63, 3.8) is 0 Å². The summed E-state index contributed by atoms with van der Waals surface area (Å²) in [6.45, 7) is 7.43. The molecule has 0 spiro atoms. The maximum atomic E-state index is 13.1. The third kappa shape index (κ3) is 5.17. The smallest absolute Gasteiger partial charge is 0.289 e. The highest BCUT2D eigenvalue weighted by atomic mass is 32.2. The number of hydrogen-bond acceptors (Lipinski definition) is 8. The number of phenols is 1. The quantitative estimate of drug-likeness (QED) is 0.454. The lowest BCUT2D eigenvalue weighted by molar-refractivity contribution is 0.0730. The van der Waals surface area contributed by atoms with E-state index in [1.165, 1.54) is 34.2 Å². The van der Waals surface area contributed by atoms with Gasteiger partial charge in [0.2, 0.25) is 15.8 Å². The lowest BCUT2D eigenvalue weighted by Crippen LogP contribution is -2.40. The molecule has 37 heavy (non-hydrogen) atoms. The summed E-state index contributed by atoms with van der Waals surface area (Å²) >= 11 is 0. The van der Waals surface area contributed by atoms with Gasteiger partial charge in [-0.1, -0.05) is 13.8 Å². The van der Waals surface area contributed by atoms with Crippen molar-refractivity contribution in [2.24, 2.45) is 0 Å². The Balaban J connectivity index is 1.83. The van der Waals surface area contributed by atoms with E-state index in [0.29, 0.717) is 36.8 Å². The zero-order chi connectivity index (χ0) is 26.7. The third-order valence-corrected chi connectivity index (χ3v) is 8.03. The minimum absolute atomic E-state index is 0.00181. The number of aromatic nitrogens is 3. The average molecular weight is 530 g/mol. The molecule has 1 fully saturated rings. The van der Waals surface area contributed by atoms with Crippen LogP contribution in [0, 0.1) is 0 Å². The predicted molar refractivity (Wildman–Crippen MR) is 137 cm³/mol. The molecule has 11 nitrogen and oxygen atoms in total. The number of sulfonamides is 1. The van der Waals surface area contributed by atoms with Crippen LogP contribution in [-0.2, 0) is 14.8 Å². The lowest BCUT2D eigenvalue weighted by atomic mass is 9.98. The normalized spacial score (nSPS) is 14.6. The van der Waals surface area contributed by atoms with E-state index in [1.807, 2.05) is 13.8 Å². The average Bonchev–Trinajstić information content (AvgIpc) is 3.34.